The summed E-state index contributed by atoms with van der Waals surface area (Å²) >= 11 is 0. The highest BCUT2D eigenvalue weighted by Gasteiger charge is 2.44. The number of nitrogens with zero attached hydrogens (tertiary/aromatic N) is 2. The molecule has 2 saturated heterocycles. The van der Waals surface area contributed by atoms with Crippen LogP contribution in [0.3, 0.4) is 0 Å². The van der Waals surface area contributed by atoms with E-state index in [-0.39, 0.29) is 6.54 Å². The lowest BCUT2D eigenvalue weighted by Gasteiger charge is -2.33. The van der Waals surface area contributed by atoms with Gasteiger partial charge < -0.3 is 5.73 Å². The van der Waals surface area contributed by atoms with E-state index in [1.807, 2.05) is 0 Å². The molecule has 2 rings (SSSR count). The van der Waals surface area contributed by atoms with Gasteiger partial charge in [-0.25, -0.2) is 0 Å². The third-order valence-electron chi connectivity index (χ3n) is 3.88. The first kappa shape index (κ1) is 13.1. The van der Waals surface area contributed by atoms with Crippen LogP contribution < -0.4 is 5.73 Å². The second-order valence-corrected chi connectivity index (χ2v) is 4.97. The van der Waals surface area contributed by atoms with Crippen molar-refractivity contribution in [1.82, 2.24) is 9.80 Å². The maximum atomic E-state index is 12.8. The van der Waals surface area contributed by atoms with Crippen molar-refractivity contribution in [1.29, 1.82) is 0 Å². The minimum atomic E-state index is -4.21. The van der Waals surface area contributed by atoms with Gasteiger partial charge in [0.25, 0.3) is 0 Å². The van der Waals surface area contributed by atoms with Crippen molar-refractivity contribution < 1.29 is 13.2 Å². The molecule has 0 spiro atoms. The van der Waals surface area contributed by atoms with Crippen LogP contribution in [0.2, 0.25) is 0 Å². The van der Waals surface area contributed by atoms with Crippen LogP contribution in [0.25, 0.3) is 0 Å². The van der Waals surface area contributed by atoms with Gasteiger partial charge in [0.2, 0.25) is 0 Å². The van der Waals surface area contributed by atoms with Crippen LogP contribution in [0.15, 0.2) is 0 Å². The molecule has 0 aromatic rings. The van der Waals surface area contributed by atoms with Crippen LogP contribution in [0, 0.1) is 0 Å². The van der Waals surface area contributed by atoms with E-state index in [0.29, 0.717) is 19.1 Å². The summed E-state index contributed by atoms with van der Waals surface area (Å²) in [5.74, 6) is 0. The lowest BCUT2D eigenvalue weighted by atomic mass is 10.1. The number of hydrogen-bond acceptors (Lipinski definition) is 3. The van der Waals surface area contributed by atoms with E-state index in [2.05, 4.69) is 4.90 Å². The zero-order valence-corrected chi connectivity index (χ0v) is 9.92. The minimum absolute atomic E-state index is 0.300. The lowest BCUT2D eigenvalue weighted by Crippen LogP contribution is -2.52. The van der Waals surface area contributed by atoms with Gasteiger partial charge in [0.15, 0.2) is 0 Å². The summed E-state index contributed by atoms with van der Waals surface area (Å²) in [6.45, 7) is 2.65. The van der Waals surface area contributed by atoms with Gasteiger partial charge in [-0.05, 0) is 32.4 Å². The molecule has 2 N–H and O–H groups in total. The Morgan fingerprint density at radius 1 is 1.18 bits per heavy atom. The molecule has 0 saturated carbocycles. The summed E-state index contributed by atoms with van der Waals surface area (Å²) in [6.07, 6.45) is -1.27. The fourth-order valence-corrected chi connectivity index (χ4v) is 3.01. The molecule has 0 amide bonds. The lowest BCUT2D eigenvalue weighted by molar-refractivity contribution is -0.181. The van der Waals surface area contributed by atoms with Crippen molar-refractivity contribution in [3.63, 3.8) is 0 Å². The van der Waals surface area contributed by atoms with Gasteiger partial charge in [0, 0.05) is 25.7 Å². The first-order valence-corrected chi connectivity index (χ1v) is 6.27. The normalized spacial score (nSPS) is 30.0. The molecule has 0 radical (unpaired) electrons. The molecule has 100 valence electrons. The van der Waals surface area contributed by atoms with Crippen LogP contribution >= 0.6 is 0 Å². The number of fused-ring (bicyclic) bond motifs is 1. The molecule has 17 heavy (non-hydrogen) atoms. The van der Waals surface area contributed by atoms with E-state index in [1.54, 1.807) is 0 Å². The molecule has 2 aliphatic rings. The standard InChI is InChI=1S/C11H20F3N3/c12-11(13,14)10(7-15)17-6-2-5-16-4-1-3-9(16)8-17/h9-10H,1-8,15H2. The van der Waals surface area contributed by atoms with Gasteiger partial charge in [-0.3, -0.25) is 9.80 Å². The van der Waals surface area contributed by atoms with Crippen LogP contribution in [0.1, 0.15) is 19.3 Å². The quantitative estimate of drug-likeness (QED) is 0.796. The van der Waals surface area contributed by atoms with E-state index in [4.69, 9.17) is 5.73 Å². The molecule has 2 unspecified atom stereocenters. The largest absolute Gasteiger partial charge is 0.405 e. The van der Waals surface area contributed by atoms with Crippen LogP contribution in [-0.4, -0.2) is 60.8 Å². The van der Waals surface area contributed by atoms with Crippen molar-refractivity contribution in [3.8, 4) is 0 Å². The molecule has 6 heteroatoms. The number of rotatable bonds is 2. The van der Waals surface area contributed by atoms with E-state index in [0.717, 1.165) is 32.4 Å². The van der Waals surface area contributed by atoms with E-state index in [9.17, 15) is 13.2 Å². The Hall–Kier alpha value is -0.330. The molecular weight excluding hydrogens is 231 g/mol. The highest BCUT2D eigenvalue weighted by molar-refractivity contribution is 4.89. The predicted molar refractivity (Wildman–Crippen MR) is 59.7 cm³/mol. The Bertz CT molecular complexity index is 257. The number of hydrogen-bond donors (Lipinski definition) is 1. The summed E-state index contributed by atoms with van der Waals surface area (Å²) in [4.78, 5) is 3.86. The average Bonchev–Trinajstić information content (AvgIpc) is 2.56. The predicted octanol–water partition coefficient (Wildman–Crippen LogP) is 1.05. The topological polar surface area (TPSA) is 32.5 Å². The van der Waals surface area contributed by atoms with E-state index in [1.165, 1.54) is 4.90 Å². The van der Waals surface area contributed by atoms with Crippen LogP contribution in [0.4, 0.5) is 13.2 Å². The van der Waals surface area contributed by atoms with Crippen molar-refractivity contribution in [2.24, 2.45) is 5.73 Å². The Morgan fingerprint density at radius 2 is 1.88 bits per heavy atom. The summed E-state index contributed by atoms with van der Waals surface area (Å²) in [7, 11) is 0. The number of alkyl halides is 3. The maximum absolute atomic E-state index is 12.8. The fourth-order valence-electron chi connectivity index (χ4n) is 3.01. The van der Waals surface area contributed by atoms with Gasteiger partial charge in [-0.15, -0.1) is 0 Å². The Labute approximate surface area is 99.7 Å². The SMILES string of the molecule is NCC(N1CCCN2CCCC2C1)C(F)(F)F. The highest BCUT2D eigenvalue weighted by atomic mass is 19.4. The first-order valence-electron chi connectivity index (χ1n) is 6.27. The molecule has 0 aliphatic carbocycles. The van der Waals surface area contributed by atoms with Gasteiger partial charge in [0.1, 0.15) is 6.04 Å². The number of nitrogens with two attached hydrogens (primary N) is 1. The zero-order valence-electron chi connectivity index (χ0n) is 9.92. The van der Waals surface area contributed by atoms with Gasteiger partial charge in [0.05, 0.1) is 0 Å². The van der Waals surface area contributed by atoms with E-state index < -0.39 is 12.2 Å². The molecule has 2 aliphatic heterocycles. The third kappa shape index (κ3) is 2.92. The molecule has 0 bridgehead atoms. The Morgan fingerprint density at radius 3 is 2.53 bits per heavy atom. The monoisotopic (exact) mass is 251 g/mol. The fraction of sp³-hybridized carbons (Fsp3) is 1.00. The Kier molecular flexibility index (Phi) is 3.95. The molecule has 0 aromatic heterocycles. The van der Waals surface area contributed by atoms with Crippen molar-refractivity contribution in [2.75, 3.05) is 32.7 Å². The van der Waals surface area contributed by atoms with Gasteiger partial charge in [-0.1, -0.05) is 0 Å². The Balaban J connectivity index is 2.04. The second kappa shape index (κ2) is 5.12. The third-order valence-corrected chi connectivity index (χ3v) is 3.88. The minimum Gasteiger partial charge on any atom is -0.329 e. The highest BCUT2D eigenvalue weighted by Crippen LogP contribution is 2.28. The molecule has 3 nitrogen and oxygen atoms in total. The maximum Gasteiger partial charge on any atom is 0.405 e. The summed E-state index contributed by atoms with van der Waals surface area (Å²) in [5.41, 5.74) is 5.30. The second-order valence-electron chi connectivity index (χ2n) is 4.97. The van der Waals surface area contributed by atoms with E-state index >= 15 is 0 Å². The summed E-state index contributed by atoms with van der Waals surface area (Å²) in [5, 5.41) is 0. The average molecular weight is 251 g/mol. The number of halogens is 3. The summed E-state index contributed by atoms with van der Waals surface area (Å²) < 4.78 is 38.5. The first-order chi connectivity index (χ1) is 8.02. The molecular formula is C11H20F3N3. The van der Waals surface area contributed by atoms with Crippen molar-refractivity contribution >= 4 is 0 Å². The summed E-state index contributed by atoms with van der Waals surface area (Å²) in [6, 6.07) is -1.17. The molecule has 2 heterocycles. The van der Waals surface area contributed by atoms with Gasteiger partial charge in [-0.2, -0.15) is 13.2 Å². The smallest absolute Gasteiger partial charge is 0.329 e. The molecule has 0 aromatic carbocycles. The van der Waals surface area contributed by atoms with Gasteiger partial charge >= 0.3 is 6.18 Å². The van der Waals surface area contributed by atoms with Crippen molar-refractivity contribution in [2.45, 2.75) is 37.5 Å². The van der Waals surface area contributed by atoms with Crippen LogP contribution in [-0.2, 0) is 0 Å². The van der Waals surface area contributed by atoms with Crippen molar-refractivity contribution in [3.05, 3.63) is 0 Å². The molecule has 2 atom stereocenters. The van der Waals surface area contributed by atoms with Crippen LogP contribution in [0.5, 0.6) is 0 Å². The molecule has 2 fully saturated rings. The zero-order chi connectivity index (χ0) is 12.5.